The molecule has 0 bridgehead atoms. The molecule has 2 heterocycles. The molecule has 0 saturated heterocycles. The maximum absolute atomic E-state index is 11.8. The van der Waals surface area contributed by atoms with Crippen LogP contribution in [0.15, 0.2) is 29.0 Å². The molecule has 2 aromatic rings. The summed E-state index contributed by atoms with van der Waals surface area (Å²) in [6, 6.07) is 5.03. The minimum atomic E-state index is -1.14. The smallest absolute Gasteiger partial charge is 0.358 e. The minimum Gasteiger partial charge on any atom is -0.476 e. The van der Waals surface area contributed by atoms with E-state index >= 15 is 0 Å². The van der Waals surface area contributed by atoms with Crippen molar-refractivity contribution in [3.8, 4) is 0 Å². The van der Waals surface area contributed by atoms with Gasteiger partial charge in [-0.2, -0.15) is 0 Å². The SMILES string of the molecule is O=C(O)c1cn(CCNC(=O)c2cccc(Br)n2)nn1. The van der Waals surface area contributed by atoms with Crippen LogP contribution in [0, 0.1) is 0 Å². The Kier molecular flexibility index (Phi) is 4.41. The number of rotatable bonds is 5. The van der Waals surface area contributed by atoms with E-state index < -0.39 is 5.97 Å². The number of aromatic carboxylic acids is 1. The third-order valence-electron chi connectivity index (χ3n) is 2.33. The van der Waals surface area contributed by atoms with E-state index in [9.17, 15) is 9.59 Å². The fourth-order valence-electron chi connectivity index (χ4n) is 1.41. The quantitative estimate of drug-likeness (QED) is 0.770. The monoisotopic (exact) mass is 339 g/mol. The summed E-state index contributed by atoms with van der Waals surface area (Å²) in [6.45, 7) is 0.607. The molecule has 9 heteroatoms. The van der Waals surface area contributed by atoms with Gasteiger partial charge in [0, 0.05) is 6.54 Å². The third kappa shape index (κ3) is 3.60. The van der Waals surface area contributed by atoms with Crippen LogP contribution in [0.4, 0.5) is 0 Å². The fourth-order valence-corrected chi connectivity index (χ4v) is 1.76. The number of carbonyl (C=O) groups excluding carboxylic acids is 1. The number of carboxylic acids is 1. The van der Waals surface area contributed by atoms with Crippen LogP contribution >= 0.6 is 15.9 Å². The Hall–Kier alpha value is -2.29. The van der Waals surface area contributed by atoms with Gasteiger partial charge in [-0.1, -0.05) is 11.3 Å². The number of carboxylic acid groups (broad SMARTS) is 1. The van der Waals surface area contributed by atoms with Crippen molar-refractivity contribution in [3.05, 3.63) is 40.4 Å². The van der Waals surface area contributed by atoms with E-state index in [1.807, 2.05) is 0 Å². The summed E-state index contributed by atoms with van der Waals surface area (Å²) in [4.78, 5) is 26.4. The Bertz CT molecular complexity index is 642. The number of hydrogen-bond acceptors (Lipinski definition) is 5. The molecule has 0 aliphatic rings. The highest BCUT2D eigenvalue weighted by Crippen LogP contribution is 2.05. The second kappa shape index (κ2) is 6.24. The number of halogens is 1. The van der Waals surface area contributed by atoms with E-state index in [1.54, 1.807) is 18.2 Å². The highest BCUT2D eigenvalue weighted by molar-refractivity contribution is 9.10. The predicted octanol–water partition coefficient (Wildman–Crippen LogP) is 0.564. The van der Waals surface area contributed by atoms with Crippen molar-refractivity contribution in [2.24, 2.45) is 0 Å². The predicted molar refractivity (Wildman–Crippen MR) is 71.3 cm³/mol. The Morgan fingerprint density at radius 1 is 1.35 bits per heavy atom. The number of amides is 1. The Balaban J connectivity index is 1.86. The van der Waals surface area contributed by atoms with Crippen molar-refractivity contribution in [2.75, 3.05) is 6.54 Å². The molecule has 1 amide bonds. The lowest BCUT2D eigenvalue weighted by Gasteiger charge is -2.04. The Morgan fingerprint density at radius 2 is 2.15 bits per heavy atom. The zero-order chi connectivity index (χ0) is 14.5. The molecule has 104 valence electrons. The summed E-state index contributed by atoms with van der Waals surface area (Å²) in [6.07, 6.45) is 1.30. The fraction of sp³-hybridized carbons (Fsp3) is 0.182. The molecule has 0 aliphatic carbocycles. The topological polar surface area (TPSA) is 110 Å². The molecule has 0 atom stereocenters. The van der Waals surface area contributed by atoms with Gasteiger partial charge in [-0.05, 0) is 28.1 Å². The van der Waals surface area contributed by atoms with Gasteiger partial charge in [0.15, 0.2) is 5.69 Å². The lowest BCUT2D eigenvalue weighted by Crippen LogP contribution is -2.28. The molecule has 2 N–H and O–H groups in total. The van der Waals surface area contributed by atoms with Gasteiger partial charge in [-0.15, -0.1) is 5.10 Å². The van der Waals surface area contributed by atoms with Gasteiger partial charge in [0.25, 0.3) is 5.91 Å². The van der Waals surface area contributed by atoms with Gasteiger partial charge < -0.3 is 10.4 Å². The Morgan fingerprint density at radius 3 is 2.80 bits per heavy atom. The maximum Gasteiger partial charge on any atom is 0.358 e. The number of aromatic nitrogens is 4. The first-order valence-corrected chi connectivity index (χ1v) is 6.40. The van der Waals surface area contributed by atoms with Gasteiger partial charge in [0.1, 0.15) is 10.3 Å². The zero-order valence-corrected chi connectivity index (χ0v) is 11.7. The molecule has 20 heavy (non-hydrogen) atoms. The van der Waals surface area contributed by atoms with Crippen molar-refractivity contribution >= 4 is 27.8 Å². The van der Waals surface area contributed by atoms with E-state index in [1.165, 1.54) is 10.9 Å². The van der Waals surface area contributed by atoms with Crippen LogP contribution in [-0.2, 0) is 6.54 Å². The first-order chi connectivity index (χ1) is 9.56. The van der Waals surface area contributed by atoms with Crippen molar-refractivity contribution in [2.45, 2.75) is 6.54 Å². The molecule has 2 aromatic heterocycles. The molecule has 2 rings (SSSR count). The van der Waals surface area contributed by atoms with Gasteiger partial charge >= 0.3 is 5.97 Å². The van der Waals surface area contributed by atoms with Gasteiger partial charge in [0.2, 0.25) is 0 Å². The highest BCUT2D eigenvalue weighted by Gasteiger charge is 2.09. The lowest BCUT2D eigenvalue weighted by molar-refractivity contribution is 0.0690. The normalized spacial score (nSPS) is 10.2. The molecular formula is C11H10BrN5O3. The molecule has 0 fully saturated rings. The van der Waals surface area contributed by atoms with Gasteiger partial charge in [-0.3, -0.25) is 4.79 Å². The minimum absolute atomic E-state index is 0.134. The summed E-state index contributed by atoms with van der Waals surface area (Å²) < 4.78 is 1.92. The number of nitrogens with one attached hydrogen (secondary N) is 1. The number of nitrogens with zero attached hydrogens (tertiary/aromatic N) is 4. The number of carbonyl (C=O) groups is 2. The Labute approximate surface area is 121 Å². The largest absolute Gasteiger partial charge is 0.476 e. The van der Waals surface area contributed by atoms with Crippen LogP contribution < -0.4 is 5.32 Å². The summed E-state index contributed by atoms with van der Waals surface area (Å²) in [5, 5.41) is 18.4. The van der Waals surface area contributed by atoms with Crippen molar-refractivity contribution < 1.29 is 14.7 Å². The van der Waals surface area contributed by atoms with Crippen LogP contribution in [0.3, 0.4) is 0 Å². The highest BCUT2D eigenvalue weighted by atomic mass is 79.9. The van der Waals surface area contributed by atoms with Crippen LogP contribution in [0.5, 0.6) is 0 Å². The van der Waals surface area contributed by atoms with Crippen LogP contribution in [0.1, 0.15) is 21.0 Å². The molecule has 8 nitrogen and oxygen atoms in total. The van der Waals surface area contributed by atoms with E-state index in [0.717, 1.165) is 0 Å². The zero-order valence-electron chi connectivity index (χ0n) is 10.2. The summed E-state index contributed by atoms with van der Waals surface area (Å²) >= 11 is 3.18. The van der Waals surface area contributed by atoms with Crippen molar-refractivity contribution in [1.82, 2.24) is 25.3 Å². The first-order valence-electron chi connectivity index (χ1n) is 5.60. The molecule has 0 radical (unpaired) electrons. The van der Waals surface area contributed by atoms with Crippen LogP contribution in [0.2, 0.25) is 0 Å². The van der Waals surface area contributed by atoms with Gasteiger partial charge in [0.05, 0.1) is 12.7 Å². The van der Waals surface area contributed by atoms with E-state index in [2.05, 4.69) is 36.5 Å². The van der Waals surface area contributed by atoms with Gasteiger partial charge in [-0.25, -0.2) is 14.5 Å². The molecule has 0 aliphatic heterocycles. The second-order valence-corrected chi connectivity index (χ2v) is 4.59. The molecule has 0 aromatic carbocycles. The van der Waals surface area contributed by atoms with Crippen LogP contribution in [-0.4, -0.2) is 43.5 Å². The van der Waals surface area contributed by atoms with E-state index in [0.29, 0.717) is 16.8 Å². The molecule has 0 unspecified atom stereocenters. The summed E-state index contributed by atoms with van der Waals surface area (Å²) in [7, 11) is 0. The third-order valence-corrected chi connectivity index (χ3v) is 2.77. The molecular weight excluding hydrogens is 330 g/mol. The average Bonchev–Trinajstić information content (AvgIpc) is 2.87. The summed E-state index contributed by atoms with van der Waals surface area (Å²) in [5.41, 5.74) is 0.161. The van der Waals surface area contributed by atoms with Crippen molar-refractivity contribution in [1.29, 1.82) is 0 Å². The molecule has 0 spiro atoms. The first kappa shape index (κ1) is 14.1. The lowest BCUT2D eigenvalue weighted by atomic mass is 10.3. The number of pyridine rings is 1. The average molecular weight is 340 g/mol. The number of hydrogen-bond donors (Lipinski definition) is 2. The standard InChI is InChI=1S/C11H10BrN5O3/c12-9-3-1-2-7(14-9)10(18)13-4-5-17-6-8(11(19)20)15-16-17/h1-3,6H,4-5H2,(H,13,18)(H,19,20). The molecule has 0 saturated carbocycles. The van der Waals surface area contributed by atoms with Crippen molar-refractivity contribution in [3.63, 3.8) is 0 Å². The second-order valence-electron chi connectivity index (χ2n) is 3.77. The van der Waals surface area contributed by atoms with E-state index in [-0.39, 0.29) is 18.1 Å². The summed E-state index contributed by atoms with van der Waals surface area (Å²) in [5.74, 6) is -1.46. The van der Waals surface area contributed by atoms with E-state index in [4.69, 9.17) is 5.11 Å². The maximum atomic E-state index is 11.8. The van der Waals surface area contributed by atoms with Crippen LogP contribution in [0.25, 0.3) is 0 Å².